The van der Waals surface area contributed by atoms with Crippen molar-refractivity contribution in [1.82, 2.24) is 0 Å². The van der Waals surface area contributed by atoms with Crippen molar-refractivity contribution < 1.29 is 0 Å². The SMILES string of the molecule is CC1(CN=C(N)N)CCCC1. The van der Waals surface area contributed by atoms with E-state index in [1.165, 1.54) is 25.7 Å². The molecule has 1 rings (SSSR count). The summed E-state index contributed by atoms with van der Waals surface area (Å²) in [5, 5.41) is 0. The molecule has 0 saturated heterocycles. The Labute approximate surface area is 67.9 Å². The van der Waals surface area contributed by atoms with Gasteiger partial charge in [0.2, 0.25) is 0 Å². The molecule has 0 aromatic rings. The summed E-state index contributed by atoms with van der Waals surface area (Å²) in [5.74, 6) is 0.220. The molecular weight excluding hydrogens is 138 g/mol. The van der Waals surface area contributed by atoms with E-state index < -0.39 is 0 Å². The van der Waals surface area contributed by atoms with Crippen LogP contribution in [-0.4, -0.2) is 12.5 Å². The normalized spacial score (nSPS) is 21.5. The molecule has 64 valence electrons. The smallest absolute Gasteiger partial charge is 0.185 e. The molecule has 0 atom stereocenters. The van der Waals surface area contributed by atoms with E-state index in [4.69, 9.17) is 11.5 Å². The quantitative estimate of drug-likeness (QED) is 0.458. The second kappa shape index (κ2) is 3.11. The standard InChI is InChI=1S/C8H17N3/c1-8(4-2-3-5-8)6-11-7(9)10/h2-6H2,1H3,(H4,9,10,11). The molecule has 1 aliphatic carbocycles. The van der Waals surface area contributed by atoms with Crippen molar-refractivity contribution in [1.29, 1.82) is 0 Å². The highest BCUT2D eigenvalue weighted by Crippen LogP contribution is 2.37. The third-order valence-electron chi connectivity index (χ3n) is 2.45. The number of hydrogen-bond acceptors (Lipinski definition) is 1. The van der Waals surface area contributed by atoms with Crippen LogP contribution >= 0.6 is 0 Å². The first kappa shape index (κ1) is 8.37. The fraction of sp³-hybridized carbons (Fsp3) is 0.875. The molecule has 3 heteroatoms. The van der Waals surface area contributed by atoms with Crippen LogP contribution in [-0.2, 0) is 0 Å². The van der Waals surface area contributed by atoms with E-state index in [-0.39, 0.29) is 5.96 Å². The van der Waals surface area contributed by atoms with E-state index in [1.807, 2.05) is 0 Å². The minimum Gasteiger partial charge on any atom is -0.370 e. The van der Waals surface area contributed by atoms with Gasteiger partial charge < -0.3 is 11.5 Å². The zero-order chi connectivity index (χ0) is 8.32. The Morgan fingerprint density at radius 3 is 2.36 bits per heavy atom. The molecule has 1 fully saturated rings. The average molecular weight is 155 g/mol. The van der Waals surface area contributed by atoms with Gasteiger partial charge in [-0.3, -0.25) is 4.99 Å². The third-order valence-corrected chi connectivity index (χ3v) is 2.45. The second-order valence-electron chi connectivity index (χ2n) is 3.76. The first-order valence-electron chi connectivity index (χ1n) is 4.18. The summed E-state index contributed by atoms with van der Waals surface area (Å²) in [6, 6.07) is 0. The van der Waals surface area contributed by atoms with Gasteiger partial charge in [-0.2, -0.15) is 0 Å². The molecule has 1 saturated carbocycles. The topological polar surface area (TPSA) is 64.4 Å². The summed E-state index contributed by atoms with van der Waals surface area (Å²) in [7, 11) is 0. The average Bonchev–Trinajstić information content (AvgIpc) is 2.33. The largest absolute Gasteiger partial charge is 0.370 e. The number of aliphatic imine (C=N–C) groups is 1. The minimum atomic E-state index is 0.220. The maximum atomic E-state index is 5.26. The van der Waals surface area contributed by atoms with Gasteiger partial charge in [0, 0.05) is 6.54 Å². The van der Waals surface area contributed by atoms with Gasteiger partial charge >= 0.3 is 0 Å². The summed E-state index contributed by atoms with van der Waals surface area (Å²) in [6.45, 7) is 3.06. The number of guanidine groups is 1. The van der Waals surface area contributed by atoms with Gasteiger partial charge in [-0.15, -0.1) is 0 Å². The molecule has 0 heterocycles. The Bertz CT molecular complexity index is 153. The lowest BCUT2D eigenvalue weighted by molar-refractivity contribution is 0.351. The van der Waals surface area contributed by atoms with Crippen LogP contribution in [0.2, 0.25) is 0 Å². The highest BCUT2D eigenvalue weighted by Gasteiger charge is 2.27. The van der Waals surface area contributed by atoms with Crippen LogP contribution in [0, 0.1) is 5.41 Å². The number of hydrogen-bond donors (Lipinski definition) is 2. The first-order chi connectivity index (χ1) is 5.12. The van der Waals surface area contributed by atoms with Crippen molar-refractivity contribution in [2.45, 2.75) is 32.6 Å². The molecule has 0 amide bonds. The molecule has 0 aromatic carbocycles. The zero-order valence-corrected chi connectivity index (χ0v) is 7.14. The zero-order valence-electron chi connectivity index (χ0n) is 7.14. The van der Waals surface area contributed by atoms with Crippen molar-refractivity contribution in [3.63, 3.8) is 0 Å². The molecule has 4 N–H and O–H groups in total. The van der Waals surface area contributed by atoms with E-state index in [9.17, 15) is 0 Å². The molecule has 11 heavy (non-hydrogen) atoms. The molecule has 0 aliphatic heterocycles. The van der Waals surface area contributed by atoms with Crippen LogP contribution in [0.5, 0.6) is 0 Å². The third kappa shape index (κ3) is 2.41. The van der Waals surface area contributed by atoms with Gasteiger partial charge in [0.05, 0.1) is 0 Å². The lowest BCUT2D eigenvalue weighted by Gasteiger charge is -2.20. The van der Waals surface area contributed by atoms with Crippen LogP contribution in [0.15, 0.2) is 4.99 Å². The summed E-state index contributed by atoms with van der Waals surface area (Å²) < 4.78 is 0. The number of nitrogens with two attached hydrogens (primary N) is 2. The predicted octanol–water partition coefficient (Wildman–Crippen LogP) is 0.840. The van der Waals surface area contributed by atoms with E-state index in [0.29, 0.717) is 5.41 Å². The lowest BCUT2D eigenvalue weighted by Crippen LogP contribution is -2.26. The van der Waals surface area contributed by atoms with Gasteiger partial charge in [-0.25, -0.2) is 0 Å². The van der Waals surface area contributed by atoms with Crippen molar-refractivity contribution in [2.75, 3.05) is 6.54 Å². The molecule has 1 aliphatic rings. The van der Waals surface area contributed by atoms with Crippen molar-refractivity contribution in [3.05, 3.63) is 0 Å². The Kier molecular flexibility index (Phi) is 2.37. The maximum Gasteiger partial charge on any atom is 0.185 e. The Morgan fingerprint density at radius 1 is 1.36 bits per heavy atom. The van der Waals surface area contributed by atoms with Crippen LogP contribution < -0.4 is 11.5 Å². The van der Waals surface area contributed by atoms with Crippen LogP contribution in [0.25, 0.3) is 0 Å². The summed E-state index contributed by atoms with van der Waals surface area (Å²) in [6.07, 6.45) is 5.19. The molecule has 0 unspecified atom stereocenters. The van der Waals surface area contributed by atoms with Gasteiger partial charge in [0.25, 0.3) is 0 Å². The van der Waals surface area contributed by atoms with Gasteiger partial charge in [-0.05, 0) is 18.3 Å². The maximum absolute atomic E-state index is 5.26. The summed E-state index contributed by atoms with van der Waals surface area (Å²) >= 11 is 0. The van der Waals surface area contributed by atoms with Crippen LogP contribution in [0.4, 0.5) is 0 Å². The molecule has 3 nitrogen and oxygen atoms in total. The fourth-order valence-electron chi connectivity index (χ4n) is 1.67. The second-order valence-corrected chi connectivity index (χ2v) is 3.76. The van der Waals surface area contributed by atoms with Crippen LogP contribution in [0.1, 0.15) is 32.6 Å². The van der Waals surface area contributed by atoms with Gasteiger partial charge in [0.1, 0.15) is 0 Å². The van der Waals surface area contributed by atoms with E-state index in [2.05, 4.69) is 11.9 Å². The molecule has 0 bridgehead atoms. The number of nitrogens with zero attached hydrogens (tertiary/aromatic N) is 1. The summed E-state index contributed by atoms with van der Waals surface area (Å²) in [4.78, 5) is 4.05. The van der Waals surface area contributed by atoms with Crippen LogP contribution in [0.3, 0.4) is 0 Å². The molecule has 0 spiro atoms. The first-order valence-corrected chi connectivity index (χ1v) is 4.18. The highest BCUT2D eigenvalue weighted by molar-refractivity contribution is 5.75. The predicted molar refractivity (Wildman–Crippen MR) is 47.3 cm³/mol. The van der Waals surface area contributed by atoms with E-state index >= 15 is 0 Å². The van der Waals surface area contributed by atoms with Gasteiger partial charge in [-0.1, -0.05) is 19.8 Å². The Balaban J connectivity index is 2.40. The molecule has 0 aromatic heterocycles. The van der Waals surface area contributed by atoms with Crippen molar-refractivity contribution >= 4 is 5.96 Å². The summed E-state index contributed by atoms with van der Waals surface area (Å²) in [5.41, 5.74) is 10.9. The Morgan fingerprint density at radius 2 is 1.91 bits per heavy atom. The van der Waals surface area contributed by atoms with Crippen molar-refractivity contribution in [3.8, 4) is 0 Å². The van der Waals surface area contributed by atoms with E-state index in [1.54, 1.807) is 0 Å². The monoisotopic (exact) mass is 155 g/mol. The fourth-order valence-corrected chi connectivity index (χ4v) is 1.67. The van der Waals surface area contributed by atoms with E-state index in [0.717, 1.165) is 6.54 Å². The minimum absolute atomic E-state index is 0.220. The van der Waals surface area contributed by atoms with Gasteiger partial charge in [0.15, 0.2) is 5.96 Å². The molecule has 0 radical (unpaired) electrons. The Hall–Kier alpha value is -0.730. The molecular formula is C8H17N3. The number of rotatable bonds is 2. The highest BCUT2D eigenvalue weighted by atomic mass is 15.0. The van der Waals surface area contributed by atoms with Crippen molar-refractivity contribution in [2.24, 2.45) is 21.9 Å². The lowest BCUT2D eigenvalue weighted by atomic mass is 9.89.